The number of nitrogens with zero attached hydrogens (tertiary/aromatic N) is 1. The molecular weight excluding hydrogens is 435 g/mol. The van der Waals surface area contributed by atoms with Crippen molar-refractivity contribution < 1.29 is 53.8 Å². The van der Waals surface area contributed by atoms with E-state index in [0.717, 1.165) is 0 Å². The smallest absolute Gasteiger partial charge is 0.543 e. The van der Waals surface area contributed by atoms with Crippen LogP contribution in [0.5, 0.6) is 0 Å². The number of rotatable bonds is 8. The SMILES string of the molecule is CCC1C(=O)N2C(C(=O)[O-])=C(SCCNC(=O)OC(C)(C)CBr)CC12.[Na+]. The van der Waals surface area contributed by atoms with Crippen LogP contribution < -0.4 is 40.0 Å². The fourth-order valence-corrected chi connectivity index (χ4v) is 4.13. The Balaban J connectivity index is 0.00000338. The van der Waals surface area contributed by atoms with Gasteiger partial charge in [-0.05, 0) is 20.3 Å². The second kappa shape index (κ2) is 9.82. The number of amides is 2. The average Bonchev–Trinajstić information content (AvgIpc) is 2.87. The van der Waals surface area contributed by atoms with E-state index in [4.69, 9.17) is 4.74 Å². The molecule has 0 spiro atoms. The number of carbonyl (C=O) groups excluding carboxylic acids is 3. The Morgan fingerprint density at radius 3 is 2.65 bits per heavy atom. The third-order valence-corrected chi connectivity index (χ3v) is 6.69. The molecule has 1 saturated heterocycles. The summed E-state index contributed by atoms with van der Waals surface area (Å²) in [6.07, 6.45) is 0.726. The molecule has 0 aliphatic carbocycles. The van der Waals surface area contributed by atoms with Crippen LogP contribution in [-0.4, -0.2) is 52.1 Å². The van der Waals surface area contributed by atoms with Crippen molar-refractivity contribution in [3.63, 3.8) is 0 Å². The Bertz CT molecular complexity index is 613. The first-order valence-electron chi connectivity index (χ1n) is 8.15. The van der Waals surface area contributed by atoms with Crippen molar-refractivity contribution in [1.29, 1.82) is 0 Å². The van der Waals surface area contributed by atoms with Gasteiger partial charge in [0.05, 0.1) is 23.6 Å². The monoisotopic (exact) mass is 456 g/mol. The number of alkyl halides is 1. The standard InChI is InChI=1S/C16H23BrN2O5S.Na/c1-4-9-10-7-11(12(14(21)22)19(10)13(9)20)25-6-5-18-15(23)24-16(2,3)8-17;/h9-10H,4-8H2,1-3H3,(H,18,23)(H,21,22);/q;+1/p-1. The molecule has 7 nitrogen and oxygen atoms in total. The summed E-state index contributed by atoms with van der Waals surface area (Å²) in [6.45, 7) is 5.84. The zero-order chi connectivity index (χ0) is 18.8. The number of carboxylic acid groups (broad SMARTS) is 1. The van der Waals surface area contributed by atoms with Gasteiger partial charge in [0, 0.05) is 29.0 Å². The molecule has 2 heterocycles. The van der Waals surface area contributed by atoms with Gasteiger partial charge in [-0.25, -0.2) is 4.79 Å². The first-order chi connectivity index (χ1) is 11.7. The van der Waals surface area contributed by atoms with Crippen molar-refractivity contribution >= 4 is 45.7 Å². The van der Waals surface area contributed by atoms with E-state index in [-0.39, 0.29) is 53.1 Å². The van der Waals surface area contributed by atoms with E-state index in [1.165, 1.54) is 16.7 Å². The number of fused-ring (bicyclic) bond motifs is 1. The van der Waals surface area contributed by atoms with Gasteiger partial charge in [0.1, 0.15) is 5.60 Å². The molecule has 0 aromatic carbocycles. The number of carbonyl (C=O) groups is 3. The number of halogens is 1. The van der Waals surface area contributed by atoms with Gasteiger partial charge in [-0.15, -0.1) is 11.8 Å². The summed E-state index contributed by atoms with van der Waals surface area (Å²) in [6, 6.07) is -0.0643. The second-order valence-electron chi connectivity index (χ2n) is 6.61. The molecule has 2 rings (SSSR count). The maximum absolute atomic E-state index is 12.0. The van der Waals surface area contributed by atoms with E-state index < -0.39 is 17.7 Å². The average molecular weight is 457 g/mol. The molecule has 0 radical (unpaired) electrons. The largest absolute Gasteiger partial charge is 1.00 e. The summed E-state index contributed by atoms with van der Waals surface area (Å²) in [5.41, 5.74) is -0.609. The first-order valence-corrected chi connectivity index (χ1v) is 10.3. The summed E-state index contributed by atoms with van der Waals surface area (Å²) in [5.74, 6) is -1.08. The summed E-state index contributed by atoms with van der Waals surface area (Å²) in [5, 5.41) is 14.6. The molecule has 2 aliphatic heterocycles. The molecule has 10 heteroatoms. The molecule has 2 amide bonds. The number of ether oxygens (including phenoxy) is 1. The van der Waals surface area contributed by atoms with Gasteiger partial charge in [-0.1, -0.05) is 22.9 Å². The van der Waals surface area contributed by atoms with Crippen LogP contribution in [0.4, 0.5) is 4.79 Å². The van der Waals surface area contributed by atoms with E-state index in [1.807, 2.05) is 6.92 Å². The minimum absolute atomic E-state index is 0. The maximum atomic E-state index is 12.0. The fourth-order valence-electron chi connectivity index (χ4n) is 2.96. The van der Waals surface area contributed by atoms with Crippen molar-refractivity contribution in [1.82, 2.24) is 10.2 Å². The zero-order valence-electron chi connectivity index (χ0n) is 15.5. The van der Waals surface area contributed by atoms with Gasteiger partial charge < -0.3 is 24.9 Å². The molecule has 0 aromatic rings. The Labute approximate surface area is 188 Å². The minimum Gasteiger partial charge on any atom is -0.543 e. The predicted molar refractivity (Wildman–Crippen MR) is 95.9 cm³/mol. The van der Waals surface area contributed by atoms with Crippen molar-refractivity contribution in [3.05, 3.63) is 10.6 Å². The molecule has 1 N–H and O–H groups in total. The van der Waals surface area contributed by atoms with E-state index in [2.05, 4.69) is 21.2 Å². The molecule has 140 valence electrons. The Hall–Kier alpha value is -0.220. The Morgan fingerprint density at radius 2 is 2.12 bits per heavy atom. The van der Waals surface area contributed by atoms with Crippen LogP contribution in [-0.2, 0) is 14.3 Å². The summed E-state index contributed by atoms with van der Waals surface area (Å²) < 4.78 is 5.23. The first kappa shape index (κ1) is 23.8. The van der Waals surface area contributed by atoms with Crippen LogP contribution in [0.3, 0.4) is 0 Å². The number of hydrogen-bond donors (Lipinski definition) is 1. The second-order valence-corrected chi connectivity index (χ2v) is 8.36. The molecule has 2 unspecified atom stereocenters. The zero-order valence-corrected chi connectivity index (χ0v) is 19.9. The van der Waals surface area contributed by atoms with Gasteiger partial charge >= 0.3 is 35.7 Å². The van der Waals surface area contributed by atoms with Crippen LogP contribution in [0.25, 0.3) is 0 Å². The van der Waals surface area contributed by atoms with Gasteiger partial charge in [0.15, 0.2) is 0 Å². The van der Waals surface area contributed by atoms with Crippen LogP contribution in [0, 0.1) is 5.92 Å². The van der Waals surface area contributed by atoms with E-state index in [1.54, 1.807) is 13.8 Å². The van der Waals surface area contributed by atoms with Gasteiger partial charge in [0.25, 0.3) is 0 Å². The molecule has 0 bridgehead atoms. The number of alkyl carbamates (subject to hydrolysis) is 1. The number of thioether (sulfide) groups is 1. The van der Waals surface area contributed by atoms with Crippen molar-refractivity contribution in [3.8, 4) is 0 Å². The molecule has 1 fully saturated rings. The topological polar surface area (TPSA) is 98.8 Å². The third-order valence-electron chi connectivity index (χ3n) is 4.22. The number of nitrogens with one attached hydrogen (secondary N) is 1. The van der Waals surface area contributed by atoms with Gasteiger partial charge in [-0.3, -0.25) is 4.79 Å². The van der Waals surface area contributed by atoms with Crippen LogP contribution in [0.1, 0.15) is 33.6 Å². The molecule has 2 aliphatic rings. The molecule has 0 aromatic heterocycles. The fraction of sp³-hybridized carbons (Fsp3) is 0.688. The van der Waals surface area contributed by atoms with Crippen LogP contribution in [0.2, 0.25) is 0 Å². The quantitative estimate of drug-likeness (QED) is 0.201. The third kappa shape index (κ3) is 5.19. The molecular formula is C16H22BrN2NaO5S. The molecule has 26 heavy (non-hydrogen) atoms. The summed E-state index contributed by atoms with van der Waals surface area (Å²) >= 11 is 4.60. The van der Waals surface area contributed by atoms with E-state index in [9.17, 15) is 19.5 Å². The van der Waals surface area contributed by atoms with Crippen molar-refractivity contribution in [2.45, 2.75) is 45.3 Å². The number of hydrogen-bond acceptors (Lipinski definition) is 6. The van der Waals surface area contributed by atoms with Gasteiger partial charge in [-0.2, -0.15) is 0 Å². The van der Waals surface area contributed by atoms with E-state index in [0.29, 0.717) is 35.4 Å². The normalized spacial score (nSPS) is 21.7. The van der Waals surface area contributed by atoms with Gasteiger partial charge in [0.2, 0.25) is 5.91 Å². The number of carboxylic acids is 1. The minimum atomic E-state index is -1.32. The predicted octanol–water partition coefficient (Wildman–Crippen LogP) is -1.77. The van der Waals surface area contributed by atoms with Crippen molar-refractivity contribution in [2.24, 2.45) is 5.92 Å². The maximum Gasteiger partial charge on any atom is 1.00 e. The van der Waals surface area contributed by atoms with Crippen LogP contribution in [0.15, 0.2) is 10.6 Å². The number of β-lactam (4-membered cyclic amide) rings is 1. The summed E-state index contributed by atoms with van der Waals surface area (Å²) in [4.78, 5) is 37.1. The summed E-state index contributed by atoms with van der Waals surface area (Å²) in [7, 11) is 0. The van der Waals surface area contributed by atoms with E-state index >= 15 is 0 Å². The van der Waals surface area contributed by atoms with Crippen LogP contribution >= 0.6 is 27.7 Å². The molecule has 2 atom stereocenters. The Morgan fingerprint density at radius 1 is 1.46 bits per heavy atom. The van der Waals surface area contributed by atoms with Crippen molar-refractivity contribution in [2.75, 3.05) is 17.6 Å². The number of aliphatic carboxylic acids is 1. The molecule has 0 saturated carbocycles. The Kier molecular flexibility index (Phi) is 8.99.